The number of aliphatic carboxylic acids is 1. The fourth-order valence-electron chi connectivity index (χ4n) is 1.26. The molecule has 0 aliphatic rings. The third-order valence-electron chi connectivity index (χ3n) is 2.33. The average molecular weight is 209 g/mol. The van der Waals surface area contributed by atoms with Crippen LogP contribution in [0.25, 0.3) is 0 Å². The van der Waals surface area contributed by atoms with Gasteiger partial charge in [0.25, 0.3) is 0 Å². The van der Waals surface area contributed by atoms with Gasteiger partial charge in [0.2, 0.25) is 0 Å². The molecule has 0 fully saturated rings. The Morgan fingerprint density at radius 1 is 1.53 bits per heavy atom. The summed E-state index contributed by atoms with van der Waals surface area (Å²) in [6, 6.07) is 4.47. The Morgan fingerprint density at radius 3 is 2.73 bits per heavy atom. The third kappa shape index (κ3) is 3.25. The van der Waals surface area contributed by atoms with Gasteiger partial charge in [-0.15, -0.1) is 0 Å². The van der Waals surface area contributed by atoms with E-state index in [9.17, 15) is 9.90 Å². The zero-order valence-corrected chi connectivity index (χ0v) is 8.60. The monoisotopic (exact) mass is 209 g/mol. The molecular weight excluding hydrogens is 194 g/mol. The molecule has 1 aromatic carbocycles. The minimum atomic E-state index is -0.994. The van der Waals surface area contributed by atoms with E-state index < -0.39 is 12.0 Å². The number of benzene rings is 1. The molecule has 0 radical (unpaired) electrons. The predicted molar refractivity (Wildman–Crippen MR) is 56.8 cm³/mol. The van der Waals surface area contributed by atoms with Gasteiger partial charge in [-0.2, -0.15) is 0 Å². The van der Waals surface area contributed by atoms with Crippen molar-refractivity contribution in [1.29, 1.82) is 0 Å². The van der Waals surface area contributed by atoms with Crippen LogP contribution in [0.1, 0.15) is 17.5 Å². The summed E-state index contributed by atoms with van der Waals surface area (Å²) >= 11 is 0. The molecular formula is C11H15NO3. The number of hydrogen-bond donors (Lipinski definition) is 3. The molecule has 4 heteroatoms. The van der Waals surface area contributed by atoms with E-state index in [0.29, 0.717) is 12.8 Å². The van der Waals surface area contributed by atoms with Crippen LogP contribution in [0.2, 0.25) is 0 Å². The molecule has 4 N–H and O–H groups in total. The second-order valence-corrected chi connectivity index (χ2v) is 3.60. The summed E-state index contributed by atoms with van der Waals surface area (Å²) in [5, 5.41) is 18.0. The van der Waals surface area contributed by atoms with Crippen molar-refractivity contribution in [2.75, 3.05) is 0 Å². The molecule has 0 unspecified atom stereocenters. The summed E-state index contributed by atoms with van der Waals surface area (Å²) in [5.74, 6) is -0.761. The molecule has 0 saturated carbocycles. The smallest absolute Gasteiger partial charge is 0.320 e. The Kier molecular flexibility index (Phi) is 3.68. The first-order valence-corrected chi connectivity index (χ1v) is 4.77. The Hall–Kier alpha value is -1.55. The Labute approximate surface area is 88.3 Å². The van der Waals surface area contributed by atoms with E-state index in [1.54, 1.807) is 12.1 Å². The number of aryl methyl sites for hydroxylation is 2. The van der Waals surface area contributed by atoms with Crippen molar-refractivity contribution in [2.24, 2.45) is 5.73 Å². The summed E-state index contributed by atoms with van der Waals surface area (Å²) in [7, 11) is 0. The average Bonchev–Trinajstić information content (AvgIpc) is 2.19. The fraction of sp³-hybridized carbons (Fsp3) is 0.364. The van der Waals surface area contributed by atoms with E-state index in [-0.39, 0.29) is 5.75 Å². The van der Waals surface area contributed by atoms with Gasteiger partial charge < -0.3 is 15.9 Å². The van der Waals surface area contributed by atoms with Crippen LogP contribution in [0.4, 0.5) is 0 Å². The topological polar surface area (TPSA) is 83.6 Å². The van der Waals surface area contributed by atoms with E-state index in [4.69, 9.17) is 10.8 Å². The molecule has 1 aromatic rings. The molecule has 82 valence electrons. The highest BCUT2D eigenvalue weighted by atomic mass is 16.4. The maximum Gasteiger partial charge on any atom is 0.320 e. The summed E-state index contributed by atoms with van der Waals surface area (Å²) < 4.78 is 0. The molecule has 15 heavy (non-hydrogen) atoms. The van der Waals surface area contributed by atoms with Crippen LogP contribution in [0.5, 0.6) is 5.75 Å². The van der Waals surface area contributed by atoms with Crippen molar-refractivity contribution in [3.63, 3.8) is 0 Å². The zero-order valence-electron chi connectivity index (χ0n) is 8.60. The van der Waals surface area contributed by atoms with Crippen molar-refractivity contribution in [3.05, 3.63) is 29.3 Å². The van der Waals surface area contributed by atoms with Crippen LogP contribution in [0.3, 0.4) is 0 Å². The van der Waals surface area contributed by atoms with E-state index in [1.165, 1.54) is 0 Å². The van der Waals surface area contributed by atoms with Crippen molar-refractivity contribution in [3.8, 4) is 5.75 Å². The van der Waals surface area contributed by atoms with E-state index in [2.05, 4.69) is 0 Å². The highest BCUT2D eigenvalue weighted by molar-refractivity contribution is 5.73. The van der Waals surface area contributed by atoms with Crippen molar-refractivity contribution >= 4 is 5.97 Å². The van der Waals surface area contributed by atoms with E-state index in [0.717, 1.165) is 11.1 Å². The molecule has 0 bridgehead atoms. The van der Waals surface area contributed by atoms with Crippen LogP contribution in [0, 0.1) is 6.92 Å². The van der Waals surface area contributed by atoms with Crippen molar-refractivity contribution < 1.29 is 15.0 Å². The lowest BCUT2D eigenvalue weighted by molar-refractivity contribution is -0.138. The first kappa shape index (κ1) is 11.5. The standard InChI is InChI=1S/C11H15NO3/c1-7-2-3-8(6-10(7)13)4-5-9(12)11(14)15/h2-3,6,9,13H,4-5,12H2,1H3,(H,14,15)/t9-/m0/s1. The van der Waals surface area contributed by atoms with Gasteiger partial charge in [0, 0.05) is 0 Å². The molecule has 0 aromatic heterocycles. The van der Waals surface area contributed by atoms with Gasteiger partial charge in [-0.3, -0.25) is 4.79 Å². The van der Waals surface area contributed by atoms with Crippen LogP contribution >= 0.6 is 0 Å². The normalized spacial score (nSPS) is 12.4. The zero-order chi connectivity index (χ0) is 11.4. The van der Waals surface area contributed by atoms with Crippen molar-refractivity contribution in [1.82, 2.24) is 0 Å². The van der Waals surface area contributed by atoms with Gasteiger partial charge in [-0.05, 0) is 37.0 Å². The number of phenols is 1. The SMILES string of the molecule is Cc1ccc(CC[C@H](N)C(=O)O)cc1O. The lowest BCUT2D eigenvalue weighted by Gasteiger charge is -2.07. The first-order chi connectivity index (χ1) is 7.00. The first-order valence-electron chi connectivity index (χ1n) is 4.77. The lowest BCUT2D eigenvalue weighted by atomic mass is 10.0. The van der Waals surface area contributed by atoms with Crippen LogP contribution in [-0.4, -0.2) is 22.2 Å². The minimum Gasteiger partial charge on any atom is -0.508 e. The predicted octanol–water partition coefficient (Wildman–Crippen LogP) is 1.05. The summed E-state index contributed by atoms with van der Waals surface area (Å²) in [6.45, 7) is 1.81. The third-order valence-corrected chi connectivity index (χ3v) is 2.33. The Balaban J connectivity index is 2.58. The second-order valence-electron chi connectivity index (χ2n) is 3.60. The molecule has 0 spiro atoms. The fourth-order valence-corrected chi connectivity index (χ4v) is 1.26. The van der Waals surface area contributed by atoms with E-state index in [1.807, 2.05) is 13.0 Å². The highest BCUT2D eigenvalue weighted by Crippen LogP contribution is 2.18. The molecule has 0 saturated heterocycles. The number of carbonyl (C=O) groups is 1. The van der Waals surface area contributed by atoms with Gasteiger partial charge in [0.1, 0.15) is 11.8 Å². The number of nitrogens with two attached hydrogens (primary N) is 1. The number of rotatable bonds is 4. The van der Waals surface area contributed by atoms with Crippen LogP contribution in [0.15, 0.2) is 18.2 Å². The molecule has 1 atom stereocenters. The summed E-state index contributed by atoms with van der Waals surface area (Å²) in [6.07, 6.45) is 0.930. The Bertz CT molecular complexity index is 363. The van der Waals surface area contributed by atoms with Gasteiger partial charge in [-0.25, -0.2) is 0 Å². The molecule has 0 amide bonds. The van der Waals surface area contributed by atoms with E-state index >= 15 is 0 Å². The van der Waals surface area contributed by atoms with Crippen LogP contribution in [-0.2, 0) is 11.2 Å². The molecule has 0 aliphatic heterocycles. The molecule has 4 nitrogen and oxygen atoms in total. The number of phenolic OH excluding ortho intramolecular Hbond substituents is 1. The summed E-state index contributed by atoms with van der Waals surface area (Å²) in [4.78, 5) is 10.5. The minimum absolute atomic E-state index is 0.233. The highest BCUT2D eigenvalue weighted by Gasteiger charge is 2.11. The number of hydrogen-bond acceptors (Lipinski definition) is 3. The molecule has 0 aliphatic carbocycles. The molecule has 1 rings (SSSR count). The lowest BCUT2D eigenvalue weighted by Crippen LogP contribution is -2.30. The number of aromatic hydroxyl groups is 1. The molecule has 0 heterocycles. The number of carboxylic acids is 1. The number of carboxylic acid groups (broad SMARTS) is 1. The summed E-state index contributed by atoms with van der Waals surface area (Å²) in [5.41, 5.74) is 7.07. The van der Waals surface area contributed by atoms with Crippen molar-refractivity contribution in [2.45, 2.75) is 25.8 Å². The quantitative estimate of drug-likeness (QED) is 0.692. The van der Waals surface area contributed by atoms with Gasteiger partial charge >= 0.3 is 5.97 Å². The van der Waals surface area contributed by atoms with Crippen LogP contribution < -0.4 is 5.73 Å². The van der Waals surface area contributed by atoms with Gasteiger partial charge in [-0.1, -0.05) is 12.1 Å². The second kappa shape index (κ2) is 4.79. The van der Waals surface area contributed by atoms with Gasteiger partial charge in [0.15, 0.2) is 0 Å². The van der Waals surface area contributed by atoms with Gasteiger partial charge in [0.05, 0.1) is 0 Å². The Morgan fingerprint density at radius 2 is 2.20 bits per heavy atom. The largest absolute Gasteiger partial charge is 0.508 e. The maximum absolute atomic E-state index is 10.5. The maximum atomic E-state index is 10.5.